The molecular formula is C15H14N2O4. The van der Waals surface area contributed by atoms with E-state index in [1.165, 1.54) is 30.3 Å². The third-order valence-electron chi connectivity index (χ3n) is 2.92. The molecule has 0 radical (unpaired) electrons. The molecule has 0 spiro atoms. The Morgan fingerprint density at radius 1 is 1.10 bits per heavy atom. The maximum atomic E-state index is 12.1. The number of nitrogen functional groups attached to an aromatic ring is 1. The lowest BCUT2D eigenvalue weighted by molar-refractivity contribution is 0.0698. The average Bonchev–Trinajstić information content (AvgIpc) is 2.40. The number of nitrogens with one attached hydrogen (secondary N) is 1. The maximum absolute atomic E-state index is 12.1. The summed E-state index contributed by atoms with van der Waals surface area (Å²) >= 11 is 0. The zero-order valence-electron chi connectivity index (χ0n) is 11.3. The predicted octanol–water partition coefficient (Wildman–Crippen LogP) is 2.23. The number of aryl methyl sites for hydroxylation is 1. The SMILES string of the molecule is Cc1ccc(C(=O)Nc2ccc(N)cc2C(=O)O)c(O)c1. The lowest BCUT2D eigenvalue weighted by atomic mass is 10.1. The summed E-state index contributed by atoms with van der Waals surface area (Å²) in [5.74, 6) is -1.97. The first-order valence-corrected chi connectivity index (χ1v) is 6.12. The Bertz CT molecular complexity index is 726. The molecule has 2 rings (SSSR count). The number of aromatic hydroxyl groups is 1. The molecule has 0 bridgehead atoms. The van der Waals surface area contributed by atoms with Gasteiger partial charge in [-0.15, -0.1) is 0 Å². The van der Waals surface area contributed by atoms with E-state index in [1.807, 2.05) is 0 Å². The highest BCUT2D eigenvalue weighted by Gasteiger charge is 2.16. The van der Waals surface area contributed by atoms with E-state index >= 15 is 0 Å². The van der Waals surface area contributed by atoms with Crippen LogP contribution in [-0.4, -0.2) is 22.1 Å². The summed E-state index contributed by atoms with van der Waals surface area (Å²) in [6.07, 6.45) is 0. The van der Waals surface area contributed by atoms with Gasteiger partial charge in [0.25, 0.3) is 5.91 Å². The van der Waals surface area contributed by atoms with E-state index in [4.69, 9.17) is 10.8 Å². The van der Waals surface area contributed by atoms with Crippen LogP contribution < -0.4 is 11.1 Å². The molecule has 108 valence electrons. The van der Waals surface area contributed by atoms with Crippen molar-refractivity contribution in [2.24, 2.45) is 0 Å². The topological polar surface area (TPSA) is 113 Å². The van der Waals surface area contributed by atoms with Gasteiger partial charge in [0.1, 0.15) is 5.75 Å². The van der Waals surface area contributed by atoms with Gasteiger partial charge in [-0.05, 0) is 42.8 Å². The number of amides is 1. The summed E-state index contributed by atoms with van der Waals surface area (Å²) in [4.78, 5) is 23.3. The second kappa shape index (κ2) is 5.54. The second-order valence-corrected chi connectivity index (χ2v) is 4.58. The minimum Gasteiger partial charge on any atom is -0.507 e. The molecule has 0 saturated carbocycles. The number of phenolic OH excluding ortho intramolecular Hbond substituents is 1. The van der Waals surface area contributed by atoms with Crippen molar-refractivity contribution in [3.05, 3.63) is 53.1 Å². The number of carboxylic acid groups (broad SMARTS) is 1. The van der Waals surface area contributed by atoms with Crippen LogP contribution in [0.2, 0.25) is 0 Å². The summed E-state index contributed by atoms with van der Waals surface area (Å²) < 4.78 is 0. The number of nitrogens with two attached hydrogens (primary N) is 1. The van der Waals surface area contributed by atoms with Crippen molar-refractivity contribution >= 4 is 23.3 Å². The largest absolute Gasteiger partial charge is 0.507 e. The number of carbonyl (C=O) groups excluding carboxylic acids is 1. The molecule has 0 aliphatic heterocycles. The highest BCUT2D eigenvalue weighted by molar-refractivity contribution is 6.09. The number of rotatable bonds is 3. The molecule has 2 aromatic carbocycles. The van der Waals surface area contributed by atoms with Crippen LogP contribution in [0.15, 0.2) is 36.4 Å². The highest BCUT2D eigenvalue weighted by atomic mass is 16.4. The first kappa shape index (κ1) is 14.4. The van der Waals surface area contributed by atoms with Gasteiger partial charge in [-0.3, -0.25) is 4.79 Å². The fourth-order valence-electron chi connectivity index (χ4n) is 1.87. The van der Waals surface area contributed by atoms with Gasteiger partial charge in [0.15, 0.2) is 0 Å². The third kappa shape index (κ3) is 3.11. The van der Waals surface area contributed by atoms with E-state index in [2.05, 4.69) is 5.32 Å². The normalized spacial score (nSPS) is 10.1. The molecule has 6 heteroatoms. The molecule has 21 heavy (non-hydrogen) atoms. The van der Waals surface area contributed by atoms with Crippen molar-refractivity contribution in [1.29, 1.82) is 0 Å². The fourth-order valence-corrected chi connectivity index (χ4v) is 1.87. The number of hydrogen-bond acceptors (Lipinski definition) is 4. The first-order valence-electron chi connectivity index (χ1n) is 6.12. The van der Waals surface area contributed by atoms with Crippen LogP contribution in [0.25, 0.3) is 0 Å². The zero-order chi connectivity index (χ0) is 15.6. The van der Waals surface area contributed by atoms with Crippen LogP contribution in [0.3, 0.4) is 0 Å². The molecule has 0 saturated heterocycles. The fraction of sp³-hybridized carbons (Fsp3) is 0.0667. The summed E-state index contributed by atoms with van der Waals surface area (Å²) in [6, 6.07) is 8.75. The van der Waals surface area contributed by atoms with E-state index in [9.17, 15) is 14.7 Å². The Balaban J connectivity index is 2.34. The summed E-state index contributed by atoms with van der Waals surface area (Å²) in [5, 5.41) is 21.3. The van der Waals surface area contributed by atoms with Crippen LogP contribution in [0.4, 0.5) is 11.4 Å². The number of anilines is 2. The lowest BCUT2D eigenvalue weighted by Crippen LogP contribution is -2.15. The van der Waals surface area contributed by atoms with Crippen LogP contribution in [0.1, 0.15) is 26.3 Å². The standard InChI is InChI=1S/C15H14N2O4/c1-8-2-4-10(13(18)6-8)14(19)17-12-5-3-9(16)7-11(12)15(20)21/h2-7,18H,16H2,1H3,(H,17,19)(H,20,21). The van der Waals surface area contributed by atoms with Gasteiger partial charge in [-0.1, -0.05) is 6.07 Å². The summed E-state index contributed by atoms with van der Waals surface area (Å²) in [6.45, 7) is 1.78. The Labute approximate surface area is 120 Å². The number of carbonyl (C=O) groups is 2. The molecular weight excluding hydrogens is 272 g/mol. The van der Waals surface area contributed by atoms with Crippen molar-refractivity contribution in [1.82, 2.24) is 0 Å². The summed E-state index contributed by atoms with van der Waals surface area (Å²) in [7, 11) is 0. The van der Waals surface area contributed by atoms with Crippen molar-refractivity contribution in [3.63, 3.8) is 0 Å². The average molecular weight is 286 g/mol. The van der Waals surface area contributed by atoms with Gasteiger partial charge in [0.2, 0.25) is 0 Å². The maximum Gasteiger partial charge on any atom is 0.337 e. The van der Waals surface area contributed by atoms with Crippen molar-refractivity contribution < 1.29 is 19.8 Å². The number of carboxylic acids is 1. The Morgan fingerprint density at radius 3 is 2.43 bits per heavy atom. The third-order valence-corrected chi connectivity index (χ3v) is 2.92. The quantitative estimate of drug-likeness (QED) is 0.646. The molecule has 0 heterocycles. The Hall–Kier alpha value is -3.02. The van der Waals surface area contributed by atoms with Gasteiger partial charge in [-0.2, -0.15) is 0 Å². The lowest BCUT2D eigenvalue weighted by Gasteiger charge is -2.10. The molecule has 2 aromatic rings. The van der Waals surface area contributed by atoms with Gasteiger partial charge in [0, 0.05) is 5.69 Å². The molecule has 0 aliphatic carbocycles. The Kier molecular flexibility index (Phi) is 3.80. The molecule has 0 unspecified atom stereocenters. The smallest absolute Gasteiger partial charge is 0.337 e. The van der Waals surface area contributed by atoms with E-state index in [-0.39, 0.29) is 28.3 Å². The molecule has 0 aliphatic rings. The number of hydrogen-bond donors (Lipinski definition) is 4. The Morgan fingerprint density at radius 2 is 1.81 bits per heavy atom. The zero-order valence-corrected chi connectivity index (χ0v) is 11.3. The molecule has 0 fully saturated rings. The van der Waals surface area contributed by atoms with Crippen molar-refractivity contribution in [3.8, 4) is 5.75 Å². The van der Waals surface area contributed by atoms with Gasteiger partial charge < -0.3 is 21.3 Å². The van der Waals surface area contributed by atoms with Crippen LogP contribution in [0.5, 0.6) is 5.75 Å². The highest BCUT2D eigenvalue weighted by Crippen LogP contribution is 2.23. The van der Waals surface area contributed by atoms with Crippen LogP contribution >= 0.6 is 0 Å². The predicted molar refractivity (Wildman–Crippen MR) is 78.6 cm³/mol. The van der Waals surface area contributed by atoms with Gasteiger partial charge in [-0.25, -0.2) is 4.79 Å². The molecule has 0 aromatic heterocycles. The summed E-state index contributed by atoms with van der Waals surface area (Å²) in [5.41, 5.74) is 6.68. The van der Waals surface area contributed by atoms with Gasteiger partial charge >= 0.3 is 5.97 Å². The van der Waals surface area contributed by atoms with Gasteiger partial charge in [0.05, 0.1) is 16.8 Å². The monoisotopic (exact) mass is 286 g/mol. The van der Waals surface area contributed by atoms with Crippen molar-refractivity contribution in [2.75, 3.05) is 11.1 Å². The minimum atomic E-state index is -1.20. The first-order chi connectivity index (χ1) is 9.88. The molecule has 0 atom stereocenters. The van der Waals surface area contributed by atoms with Crippen LogP contribution in [-0.2, 0) is 0 Å². The minimum absolute atomic E-state index is 0.0637. The number of benzene rings is 2. The van der Waals surface area contributed by atoms with Crippen molar-refractivity contribution in [2.45, 2.75) is 6.92 Å². The van der Waals surface area contributed by atoms with E-state index in [0.717, 1.165) is 5.56 Å². The number of phenols is 1. The van der Waals surface area contributed by atoms with E-state index in [1.54, 1.807) is 13.0 Å². The van der Waals surface area contributed by atoms with E-state index < -0.39 is 11.9 Å². The number of aromatic carboxylic acids is 1. The molecule has 1 amide bonds. The van der Waals surface area contributed by atoms with Crippen LogP contribution in [0, 0.1) is 6.92 Å². The molecule has 6 nitrogen and oxygen atoms in total. The van der Waals surface area contributed by atoms with E-state index in [0.29, 0.717) is 0 Å². The molecule has 5 N–H and O–H groups in total. The second-order valence-electron chi connectivity index (χ2n) is 4.58.